The Morgan fingerprint density at radius 3 is 2.23 bits per heavy atom. The van der Waals surface area contributed by atoms with E-state index in [2.05, 4.69) is 6.92 Å². The Labute approximate surface area is 241 Å². The fraction of sp³-hybridized carbons (Fsp3) is 0.438. The Hall–Kier alpha value is -3.23. The van der Waals surface area contributed by atoms with Gasteiger partial charge in [-0.2, -0.15) is 0 Å². The highest BCUT2D eigenvalue weighted by Crippen LogP contribution is 2.35. The Morgan fingerprint density at radius 1 is 0.900 bits per heavy atom. The van der Waals surface area contributed by atoms with Crippen molar-refractivity contribution in [1.29, 1.82) is 0 Å². The third kappa shape index (κ3) is 8.63. The Balaban J connectivity index is 1.46. The summed E-state index contributed by atoms with van der Waals surface area (Å²) < 4.78 is 17.8. The molecule has 7 nitrogen and oxygen atoms in total. The lowest BCUT2D eigenvalue weighted by Gasteiger charge is -2.19. The maximum absolute atomic E-state index is 12.9. The molecule has 0 saturated carbocycles. The minimum absolute atomic E-state index is 0.0396. The number of nitrogens with zero attached hydrogens (tertiary/aromatic N) is 2. The Morgan fingerprint density at radius 2 is 1.55 bits per heavy atom. The molecule has 0 radical (unpaired) electrons. The lowest BCUT2D eigenvalue weighted by Crippen LogP contribution is -2.32. The van der Waals surface area contributed by atoms with E-state index in [1.165, 1.54) is 43.9 Å². The first kappa shape index (κ1) is 29.7. The summed E-state index contributed by atoms with van der Waals surface area (Å²) in [5.41, 5.74) is 2.66. The molecule has 1 saturated heterocycles. The third-order valence-corrected chi connectivity index (χ3v) is 7.48. The largest absolute Gasteiger partial charge is 0.459 e. The fourth-order valence-electron chi connectivity index (χ4n) is 4.74. The first-order valence-corrected chi connectivity index (χ1v) is 15.3. The second-order valence-electron chi connectivity index (χ2n) is 9.96. The zero-order valence-electron chi connectivity index (χ0n) is 23.3. The molecular weight excluding hydrogens is 524 g/mol. The molecule has 0 unspecified atom stereocenters. The molecule has 0 amide bonds. The van der Waals surface area contributed by atoms with Crippen molar-refractivity contribution in [2.24, 2.45) is 0 Å². The number of carbonyl (C=O) groups is 2. The van der Waals surface area contributed by atoms with Crippen LogP contribution in [-0.4, -0.2) is 47.0 Å². The van der Waals surface area contributed by atoms with Crippen molar-refractivity contribution >= 4 is 23.7 Å². The van der Waals surface area contributed by atoms with Crippen LogP contribution >= 0.6 is 11.8 Å². The molecule has 2 heterocycles. The van der Waals surface area contributed by atoms with Crippen molar-refractivity contribution in [3.05, 3.63) is 89.2 Å². The van der Waals surface area contributed by atoms with Gasteiger partial charge in [0, 0.05) is 12.1 Å². The second kappa shape index (κ2) is 15.5. The van der Waals surface area contributed by atoms with Crippen LogP contribution in [0.4, 0.5) is 0 Å². The highest BCUT2D eigenvalue weighted by Gasteiger charge is 2.40. The number of aromatic nitrogens is 2. The van der Waals surface area contributed by atoms with Crippen LogP contribution in [0.2, 0.25) is 0 Å². The van der Waals surface area contributed by atoms with Crippen LogP contribution in [0.3, 0.4) is 0 Å². The normalized spacial score (nSPS) is 18.4. The molecule has 8 heteroatoms. The maximum atomic E-state index is 12.9. The van der Waals surface area contributed by atoms with Crippen LogP contribution in [0, 0.1) is 0 Å². The summed E-state index contributed by atoms with van der Waals surface area (Å²) in [5.74, 6) is -0.890. The minimum Gasteiger partial charge on any atom is -0.459 e. The molecule has 4 rings (SSSR count). The molecule has 1 aliphatic rings. The van der Waals surface area contributed by atoms with Gasteiger partial charge in [-0.05, 0) is 49.4 Å². The lowest BCUT2D eigenvalue weighted by atomic mass is 10.1. The zero-order chi connectivity index (χ0) is 28.2. The molecule has 1 aliphatic heterocycles. The fourth-order valence-corrected chi connectivity index (χ4v) is 5.14. The van der Waals surface area contributed by atoms with E-state index in [-0.39, 0.29) is 6.61 Å². The number of esters is 2. The van der Waals surface area contributed by atoms with E-state index in [1.54, 1.807) is 48.5 Å². The summed E-state index contributed by atoms with van der Waals surface area (Å²) in [6.45, 7) is 2.19. The van der Waals surface area contributed by atoms with Crippen molar-refractivity contribution in [1.82, 2.24) is 9.97 Å². The number of aryl methyl sites for hydroxylation is 1. The van der Waals surface area contributed by atoms with Crippen LogP contribution in [-0.2, 0) is 20.6 Å². The molecule has 40 heavy (non-hydrogen) atoms. The van der Waals surface area contributed by atoms with Crippen LogP contribution in [0.5, 0.6) is 0 Å². The smallest absolute Gasteiger partial charge is 0.338 e. The van der Waals surface area contributed by atoms with Crippen molar-refractivity contribution < 1.29 is 23.8 Å². The minimum atomic E-state index is -0.625. The van der Waals surface area contributed by atoms with E-state index in [0.29, 0.717) is 22.7 Å². The number of benzene rings is 2. The van der Waals surface area contributed by atoms with Crippen molar-refractivity contribution in [2.45, 2.75) is 81.8 Å². The second-order valence-corrected chi connectivity index (χ2v) is 10.7. The number of unbranched alkanes of at least 4 members (excludes halogenated alkanes) is 5. The lowest BCUT2D eigenvalue weighted by molar-refractivity contribution is -0.0434. The maximum Gasteiger partial charge on any atom is 0.338 e. The molecule has 1 fully saturated rings. The van der Waals surface area contributed by atoms with Gasteiger partial charge in [0.05, 0.1) is 16.8 Å². The van der Waals surface area contributed by atoms with E-state index in [1.807, 2.05) is 24.5 Å². The summed E-state index contributed by atoms with van der Waals surface area (Å²) in [4.78, 5) is 35.0. The molecule has 0 bridgehead atoms. The molecule has 0 aliphatic carbocycles. The number of hydrogen-bond acceptors (Lipinski definition) is 8. The molecule has 3 atom stereocenters. The molecule has 2 aromatic carbocycles. The standard InChI is InChI=1S/C32H38N2O5S/c1-3-4-5-6-7-14-19-25-20-26(34-32(33-25)40-2)27-21-28(39-31(36)24-17-12-9-13-18-24)29(38-27)22-37-30(35)23-15-10-8-11-16-23/h8-13,15-18,20,27-29H,3-7,14,19,21-22H2,1-2H3/t27-,28-,29+/m0/s1. The zero-order valence-corrected chi connectivity index (χ0v) is 24.1. The van der Waals surface area contributed by atoms with Crippen LogP contribution in [0.1, 0.15) is 90.1 Å². The average Bonchev–Trinajstić information content (AvgIpc) is 3.40. The topological polar surface area (TPSA) is 87.6 Å². The predicted octanol–water partition coefficient (Wildman–Crippen LogP) is 7.01. The summed E-state index contributed by atoms with van der Waals surface area (Å²) >= 11 is 1.50. The van der Waals surface area contributed by atoms with E-state index < -0.39 is 30.3 Å². The van der Waals surface area contributed by atoms with E-state index >= 15 is 0 Å². The van der Waals surface area contributed by atoms with Gasteiger partial charge in [0.25, 0.3) is 0 Å². The van der Waals surface area contributed by atoms with Gasteiger partial charge in [0.2, 0.25) is 0 Å². The van der Waals surface area contributed by atoms with Gasteiger partial charge in [0.15, 0.2) is 5.16 Å². The molecule has 3 aromatic rings. The monoisotopic (exact) mass is 562 g/mol. The third-order valence-electron chi connectivity index (χ3n) is 6.93. The average molecular weight is 563 g/mol. The van der Waals surface area contributed by atoms with E-state index in [9.17, 15) is 9.59 Å². The van der Waals surface area contributed by atoms with Gasteiger partial charge in [-0.25, -0.2) is 19.6 Å². The SMILES string of the molecule is CCCCCCCCc1cc([C@@H]2C[C@H](OC(=O)c3ccccc3)[C@@H](COC(=O)c3ccccc3)O2)nc(SC)n1. The predicted molar refractivity (Wildman–Crippen MR) is 155 cm³/mol. The molecule has 212 valence electrons. The summed E-state index contributed by atoms with van der Waals surface area (Å²) in [7, 11) is 0. The number of carbonyl (C=O) groups excluding carboxylic acids is 2. The van der Waals surface area contributed by atoms with Crippen LogP contribution in [0.25, 0.3) is 0 Å². The summed E-state index contributed by atoms with van der Waals surface area (Å²) in [6, 6.07) is 19.7. The molecular formula is C32H38N2O5S. The number of hydrogen-bond donors (Lipinski definition) is 0. The summed E-state index contributed by atoms with van der Waals surface area (Å²) in [5, 5.41) is 0.693. The van der Waals surface area contributed by atoms with Gasteiger partial charge in [0.1, 0.15) is 24.9 Å². The quantitative estimate of drug-likeness (QED) is 0.0897. The molecule has 0 spiro atoms. The Bertz CT molecular complexity index is 1220. The van der Waals surface area contributed by atoms with Crippen molar-refractivity contribution in [2.75, 3.05) is 12.9 Å². The first-order chi connectivity index (χ1) is 19.6. The van der Waals surface area contributed by atoms with Crippen LogP contribution in [0.15, 0.2) is 71.9 Å². The highest BCUT2D eigenvalue weighted by molar-refractivity contribution is 7.98. The van der Waals surface area contributed by atoms with E-state index in [4.69, 9.17) is 24.2 Å². The highest BCUT2D eigenvalue weighted by atomic mass is 32.2. The molecule has 0 N–H and O–H groups in total. The number of ether oxygens (including phenoxy) is 3. The van der Waals surface area contributed by atoms with Gasteiger partial charge in [-0.1, -0.05) is 87.2 Å². The summed E-state index contributed by atoms with van der Waals surface area (Å²) in [6.07, 6.45) is 8.91. The molecule has 1 aromatic heterocycles. The first-order valence-electron chi connectivity index (χ1n) is 14.1. The Kier molecular flexibility index (Phi) is 11.5. The van der Waals surface area contributed by atoms with Crippen molar-refractivity contribution in [3.63, 3.8) is 0 Å². The van der Waals surface area contributed by atoms with Crippen LogP contribution < -0.4 is 0 Å². The number of rotatable bonds is 14. The van der Waals surface area contributed by atoms with Gasteiger partial charge >= 0.3 is 11.9 Å². The van der Waals surface area contributed by atoms with E-state index in [0.717, 1.165) is 24.2 Å². The van der Waals surface area contributed by atoms with Crippen molar-refractivity contribution in [3.8, 4) is 0 Å². The van der Waals surface area contributed by atoms with Gasteiger partial charge < -0.3 is 14.2 Å². The van der Waals surface area contributed by atoms with Gasteiger partial charge in [-0.3, -0.25) is 0 Å². The van der Waals surface area contributed by atoms with Gasteiger partial charge in [-0.15, -0.1) is 0 Å². The number of thioether (sulfide) groups is 1.